The zero-order chi connectivity index (χ0) is 20.6. The smallest absolute Gasteiger partial charge is 0.278 e. The Morgan fingerprint density at radius 3 is 2.29 bits per heavy atom. The van der Waals surface area contributed by atoms with Crippen LogP contribution in [0.25, 0.3) is 5.57 Å². The third-order valence-corrected chi connectivity index (χ3v) is 5.31. The molecule has 1 aliphatic rings. The molecule has 0 unspecified atom stereocenters. The van der Waals surface area contributed by atoms with Crippen molar-refractivity contribution in [2.24, 2.45) is 5.92 Å². The van der Waals surface area contributed by atoms with Crippen molar-refractivity contribution >= 4 is 57.9 Å². The Labute approximate surface area is 179 Å². The summed E-state index contributed by atoms with van der Waals surface area (Å²) in [4.78, 5) is 27.4. The minimum Gasteiger partial charge on any atom is -0.350 e. The molecule has 0 spiro atoms. The molecule has 146 valence electrons. The third kappa shape index (κ3) is 4.04. The Bertz CT molecular complexity index is 999. The van der Waals surface area contributed by atoms with Crippen LogP contribution in [-0.4, -0.2) is 23.3 Å². The molecule has 2 aromatic carbocycles. The van der Waals surface area contributed by atoms with Crippen LogP contribution in [0.3, 0.4) is 0 Å². The number of nitrogens with zero attached hydrogens (tertiary/aromatic N) is 1. The van der Waals surface area contributed by atoms with Gasteiger partial charge in [0.25, 0.3) is 11.8 Å². The number of carbonyl (C=O) groups is 2. The van der Waals surface area contributed by atoms with Gasteiger partial charge >= 0.3 is 0 Å². The molecule has 2 aromatic rings. The van der Waals surface area contributed by atoms with Gasteiger partial charge in [-0.2, -0.15) is 0 Å². The number of hydrogen-bond donors (Lipinski definition) is 1. The molecule has 1 N–H and O–H groups in total. The number of imide groups is 1. The highest BCUT2D eigenvalue weighted by molar-refractivity contribution is 6.41. The number of benzene rings is 2. The van der Waals surface area contributed by atoms with Crippen LogP contribution in [0.1, 0.15) is 25.0 Å². The standard InChI is InChI=1S/C21H19Cl3N2O2/c1-11(2)10-26-20(27)18(15-7-5-13(22)8-17(15)24)19(21(26)28)25-14-6-4-12(3)16(23)9-14/h4-9,11,25H,10H2,1-3H3. The van der Waals surface area contributed by atoms with Crippen molar-refractivity contribution in [1.82, 2.24) is 4.90 Å². The molecule has 1 aliphatic heterocycles. The second kappa shape index (κ2) is 8.16. The second-order valence-electron chi connectivity index (χ2n) is 7.08. The van der Waals surface area contributed by atoms with E-state index in [0.29, 0.717) is 32.9 Å². The van der Waals surface area contributed by atoms with Crippen LogP contribution >= 0.6 is 34.8 Å². The highest BCUT2D eigenvalue weighted by Crippen LogP contribution is 2.36. The molecule has 28 heavy (non-hydrogen) atoms. The Morgan fingerprint density at radius 1 is 0.964 bits per heavy atom. The molecule has 0 saturated heterocycles. The summed E-state index contributed by atoms with van der Waals surface area (Å²) < 4.78 is 0. The Kier molecular flexibility index (Phi) is 6.04. The van der Waals surface area contributed by atoms with Crippen molar-refractivity contribution in [2.45, 2.75) is 20.8 Å². The molecular formula is C21H19Cl3N2O2. The minimum absolute atomic E-state index is 0.128. The van der Waals surface area contributed by atoms with Crippen molar-refractivity contribution in [3.63, 3.8) is 0 Å². The number of amides is 2. The summed E-state index contributed by atoms with van der Waals surface area (Å²) >= 11 is 18.5. The molecule has 0 saturated carbocycles. The number of anilines is 1. The first-order valence-corrected chi connectivity index (χ1v) is 9.91. The van der Waals surface area contributed by atoms with E-state index in [1.165, 1.54) is 4.90 Å². The summed E-state index contributed by atoms with van der Waals surface area (Å²) in [5.41, 5.74) is 2.38. The summed E-state index contributed by atoms with van der Waals surface area (Å²) in [6, 6.07) is 10.2. The molecule has 3 rings (SSSR count). The average Bonchev–Trinajstić information content (AvgIpc) is 2.83. The lowest BCUT2D eigenvalue weighted by molar-refractivity contribution is -0.137. The second-order valence-corrected chi connectivity index (χ2v) is 8.33. The fraction of sp³-hybridized carbons (Fsp3) is 0.238. The molecule has 1 heterocycles. The van der Waals surface area contributed by atoms with Crippen molar-refractivity contribution in [3.8, 4) is 0 Å². The highest BCUT2D eigenvalue weighted by atomic mass is 35.5. The first kappa shape index (κ1) is 20.7. The van der Waals surface area contributed by atoms with Gasteiger partial charge in [-0.1, -0.05) is 60.8 Å². The molecule has 0 aliphatic carbocycles. The van der Waals surface area contributed by atoms with Crippen LogP contribution in [0.5, 0.6) is 0 Å². The van der Waals surface area contributed by atoms with Gasteiger partial charge in [-0.3, -0.25) is 14.5 Å². The summed E-state index contributed by atoms with van der Waals surface area (Å²) in [5, 5.41) is 4.39. The summed E-state index contributed by atoms with van der Waals surface area (Å²) in [7, 11) is 0. The van der Waals surface area contributed by atoms with Crippen LogP contribution in [0, 0.1) is 12.8 Å². The van der Waals surface area contributed by atoms with Crippen LogP contribution < -0.4 is 5.32 Å². The fourth-order valence-electron chi connectivity index (χ4n) is 2.98. The van der Waals surface area contributed by atoms with Gasteiger partial charge in [0, 0.05) is 27.8 Å². The van der Waals surface area contributed by atoms with Gasteiger partial charge in [0.2, 0.25) is 0 Å². The number of carbonyl (C=O) groups excluding carboxylic acids is 2. The maximum absolute atomic E-state index is 13.1. The van der Waals surface area contributed by atoms with Gasteiger partial charge in [-0.15, -0.1) is 0 Å². The third-order valence-electron chi connectivity index (χ3n) is 4.36. The van der Waals surface area contributed by atoms with Crippen LogP contribution in [0.4, 0.5) is 5.69 Å². The van der Waals surface area contributed by atoms with E-state index in [4.69, 9.17) is 34.8 Å². The van der Waals surface area contributed by atoms with E-state index in [1.807, 2.05) is 26.8 Å². The summed E-state index contributed by atoms with van der Waals surface area (Å²) in [5.74, 6) is -0.650. The SMILES string of the molecule is Cc1ccc(NC2=C(c3ccc(Cl)cc3Cl)C(=O)N(CC(C)C)C2=O)cc1Cl. The fourth-order valence-corrected chi connectivity index (χ4v) is 3.66. The number of hydrogen-bond acceptors (Lipinski definition) is 3. The average molecular weight is 438 g/mol. The van der Waals surface area contributed by atoms with Gasteiger partial charge in [-0.05, 0) is 42.7 Å². The predicted octanol–water partition coefficient (Wildman–Crippen LogP) is 5.80. The quantitative estimate of drug-likeness (QED) is 0.601. The van der Waals surface area contributed by atoms with Gasteiger partial charge < -0.3 is 5.32 Å². The van der Waals surface area contributed by atoms with E-state index < -0.39 is 5.91 Å². The number of aryl methyl sites for hydroxylation is 1. The molecule has 4 nitrogen and oxygen atoms in total. The largest absolute Gasteiger partial charge is 0.350 e. The highest BCUT2D eigenvalue weighted by Gasteiger charge is 2.40. The normalized spacial score (nSPS) is 14.5. The van der Waals surface area contributed by atoms with E-state index in [0.717, 1.165) is 5.56 Å². The van der Waals surface area contributed by atoms with Gasteiger partial charge in [0.05, 0.1) is 10.6 Å². The van der Waals surface area contributed by atoms with Crippen LogP contribution in [0.15, 0.2) is 42.1 Å². The monoisotopic (exact) mass is 436 g/mol. The first-order chi connectivity index (χ1) is 13.2. The zero-order valence-electron chi connectivity index (χ0n) is 15.6. The minimum atomic E-state index is -0.392. The Hall–Kier alpha value is -2.01. The van der Waals surface area contributed by atoms with Gasteiger partial charge in [0.1, 0.15) is 5.70 Å². The maximum Gasteiger partial charge on any atom is 0.278 e. The molecule has 0 fully saturated rings. The summed E-state index contributed by atoms with van der Waals surface area (Å²) in [6.45, 7) is 6.09. The van der Waals surface area contributed by atoms with E-state index in [-0.39, 0.29) is 23.1 Å². The van der Waals surface area contributed by atoms with Crippen molar-refractivity contribution in [2.75, 3.05) is 11.9 Å². The van der Waals surface area contributed by atoms with Crippen molar-refractivity contribution in [1.29, 1.82) is 0 Å². The number of halogens is 3. The predicted molar refractivity (Wildman–Crippen MR) is 115 cm³/mol. The first-order valence-electron chi connectivity index (χ1n) is 8.78. The Morgan fingerprint density at radius 2 is 1.68 bits per heavy atom. The van der Waals surface area contributed by atoms with E-state index in [2.05, 4.69) is 5.32 Å². The molecule has 0 bridgehead atoms. The molecule has 2 amide bonds. The molecule has 7 heteroatoms. The lowest BCUT2D eigenvalue weighted by Crippen LogP contribution is -2.35. The summed E-state index contributed by atoms with van der Waals surface area (Å²) in [6.07, 6.45) is 0. The molecule has 0 aromatic heterocycles. The lowest BCUT2D eigenvalue weighted by atomic mass is 10.0. The van der Waals surface area contributed by atoms with Crippen molar-refractivity contribution < 1.29 is 9.59 Å². The van der Waals surface area contributed by atoms with E-state index >= 15 is 0 Å². The number of rotatable bonds is 5. The van der Waals surface area contributed by atoms with Gasteiger partial charge in [0.15, 0.2) is 0 Å². The number of nitrogens with one attached hydrogen (secondary N) is 1. The lowest BCUT2D eigenvalue weighted by Gasteiger charge is -2.17. The van der Waals surface area contributed by atoms with Crippen LogP contribution in [0.2, 0.25) is 15.1 Å². The van der Waals surface area contributed by atoms with E-state index in [1.54, 1.807) is 30.3 Å². The molecule has 0 atom stereocenters. The van der Waals surface area contributed by atoms with Crippen molar-refractivity contribution in [3.05, 3.63) is 68.3 Å². The van der Waals surface area contributed by atoms with Gasteiger partial charge in [-0.25, -0.2) is 0 Å². The van der Waals surface area contributed by atoms with E-state index in [9.17, 15) is 9.59 Å². The molecule has 0 radical (unpaired) electrons. The zero-order valence-corrected chi connectivity index (χ0v) is 17.9. The molecular weight excluding hydrogens is 419 g/mol. The Balaban J connectivity index is 2.12. The maximum atomic E-state index is 13.1. The topological polar surface area (TPSA) is 49.4 Å². The van der Waals surface area contributed by atoms with Crippen LogP contribution in [-0.2, 0) is 9.59 Å².